The molecule has 0 saturated heterocycles. The van der Waals surface area contributed by atoms with Gasteiger partial charge in [0.25, 0.3) is 5.91 Å². The minimum atomic E-state index is -0.380. The monoisotopic (exact) mass is 396 g/mol. The average molecular weight is 397 g/mol. The number of benzene rings is 1. The quantitative estimate of drug-likeness (QED) is 0.733. The first kappa shape index (κ1) is 17.8. The molecular formula is C20H17ClN4OS. The molecule has 1 aromatic heterocycles. The highest BCUT2D eigenvalue weighted by Gasteiger charge is 2.33. The molecule has 4 rings (SSSR count). The number of nitrogens with zero attached hydrogens (tertiary/aromatic N) is 3. The summed E-state index contributed by atoms with van der Waals surface area (Å²) in [5.74, 6) is -0.226. The maximum absolute atomic E-state index is 12.5. The van der Waals surface area contributed by atoms with Gasteiger partial charge in [-0.25, -0.2) is 0 Å². The second kappa shape index (κ2) is 6.55. The number of amidine groups is 2. The van der Waals surface area contributed by atoms with E-state index in [9.17, 15) is 4.79 Å². The largest absolute Gasteiger partial charge is 0.318 e. The first-order valence-electron chi connectivity index (χ1n) is 8.39. The summed E-state index contributed by atoms with van der Waals surface area (Å²) in [5, 5.41) is 9.65. The van der Waals surface area contributed by atoms with Gasteiger partial charge in [0.1, 0.15) is 5.84 Å². The molecule has 0 radical (unpaired) electrons. The molecule has 1 aromatic carbocycles. The van der Waals surface area contributed by atoms with E-state index < -0.39 is 0 Å². The lowest BCUT2D eigenvalue weighted by Gasteiger charge is -2.22. The Balaban J connectivity index is 1.78. The number of allylic oxidation sites excluding steroid dienone is 1. The van der Waals surface area contributed by atoms with Crippen LogP contribution in [0.2, 0.25) is 5.02 Å². The second-order valence-electron chi connectivity index (χ2n) is 6.46. The van der Waals surface area contributed by atoms with E-state index in [4.69, 9.17) is 17.0 Å². The van der Waals surface area contributed by atoms with Crippen LogP contribution in [-0.4, -0.2) is 26.4 Å². The van der Waals surface area contributed by atoms with Crippen molar-refractivity contribution in [2.75, 3.05) is 0 Å². The third-order valence-electron chi connectivity index (χ3n) is 4.53. The summed E-state index contributed by atoms with van der Waals surface area (Å²) in [5.41, 5.74) is 4.12. The third-order valence-corrected chi connectivity index (χ3v) is 5.66. The van der Waals surface area contributed by atoms with Crippen LogP contribution in [0.1, 0.15) is 23.9 Å². The number of aliphatic imine (C=N–C) groups is 1. The van der Waals surface area contributed by atoms with E-state index in [2.05, 4.69) is 9.56 Å². The lowest BCUT2D eigenvalue weighted by molar-refractivity contribution is -0.114. The molecule has 0 atom stereocenters. The van der Waals surface area contributed by atoms with Crippen molar-refractivity contribution in [3.8, 4) is 5.69 Å². The van der Waals surface area contributed by atoms with Gasteiger partial charge in [-0.15, -0.1) is 0 Å². The van der Waals surface area contributed by atoms with Crippen LogP contribution in [0, 0.1) is 19.3 Å². The van der Waals surface area contributed by atoms with Gasteiger partial charge < -0.3 is 4.57 Å². The molecule has 1 amide bonds. The van der Waals surface area contributed by atoms with Crippen LogP contribution in [-0.2, 0) is 4.79 Å². The highest BCUT2D eigenvalue weighted by Crippen LogP contribution is 2.33. The summed E-state index contributed by atoms with van der Waals surface area (Å²) in [6.07, 6.45) is 3.59. The fraction of sp³-hybridized carbons (Fsp3) is 0.150. The molecule has 27 heavy (non-hydrogen) atoms. The average Bonchev–Trinajstić information content (AvgIpc) is 3.10. The maximum Gasteiger partial charge on any atom is 0.283 e. The van der Waals surface area contributed by atoms with Gasteiger partial charge in [-0.2, -0.15) is 4.99 Å². The van der Waals surface area contributed by atoms with E-state index in [-0.39, 0.29) is 17.3 Å². The molecule has 2 aliphatic heterocycles. The number of hydrogen-bond acceptors (Lipinski definition) is 3. The summed E-state index contributed by atoms with van der Waals surface area (Å²) in [7, 11) is 0. The summed E-state index contributed by atoms with van der Waals surface area (Å²) in [6.45, 7) is 5.93. The van der Waals surface area contributed by atoms with E-state index in [0.29, 0.717) is 10.2 Å². The van der Waals surface area contributed by atoms with Gasteiger partial charge in [-0.05, 0) is 56.7 Å². The SMILES string of the molecule is CC1=CN2C(=N)/C(=C/c3cc(C)n(-c4cccc(Cl)c4)c3C)C(=O)N=C2S1. The molecule has 0 spiro atoms. The zero-order valence-corrected chi connectivity index (χ0v) is 16.6. The Kier molecular flexibility index (Phi) is 4.32. The Morgan fingerprint density at radius 2 is 2.00 bits per heavy atom. The Labute approximate surface area is 166 Å². The summed E-state index contributed by atoms with van der Waals surface area (Å²) < 4.78 is 2.08. The molecule has 136 valence electrons. The normalized spacial score (nSPS) is 18.1. The van der Waals surface area contributed by atoms with Crippen LogP contribution in [0.4, 0.5) is 0 Å². The van der Waals surface area contributed by atoms with Crippen molar-refractivity contribution in [3.63, 3.8) is 0 Å². The smallest absolute Gasteiger partial charge is 0.283 e. The van der Waals surface area contributed by atoms with E-state index in [1.54, 1.807) is 11.0 Å². The lowest BCUT2D eigenvalue weighted by atomic mass is 10.1. The number of fused-ring (bicyclic) bond motifs is 1. The van der Waals surface area contributed by atoms with Gasteiger partial charge in [-0.3, -0.25) is 15.1 Å². The highest BCUT2D eigenvalue weighted by molar-refractivity contribution is 8.17. The topological polar surface area (TPSA) is 61.5 Å². The number of carbonyl (C=O) groups excluding carboxylic acids is 1. The number of carbonyl (C=O) groups is 1. The maximum atomic E-state index is 12.5. The van der Waals surface area contributed by atoms with E-state index in [0.717, 1.165) is 27.5 Å². The minimum absolute atomic E-state index is 0.155. The Morgan fingerprint density at radius 1 is 1.22 bits per heavy atom. The standard InChI is InChI=1S/C20H17ClN4OS/c1-11-7-14(13(3)25(11)16-6-4-5-15(21)9-16)8-17-18(22)24-10-12(2)27-20(24)23-19(17)26/h4-10,22H,1-3H3/b17-8-,22-18?. The van der Waals surface area contributed by atoms with Gasteiger partial charge in [-0.1, -0.05) is 29.4 Å². The van der Waals surface area contributed by atoms with Gasteiger partial charge in [0.15, 0.2) is 5.17 Å². The van der Waals surface area contributed by atoms with Crippen molar-refractivity contribution >= 4 is 46.3 Å². The fourth-order valence-electron chi connectivity index (χ4n) is 3.30. The van der Waals surface area contributed by atoms with E-state index in [1.165, 1.54) is 11.8 Å². The molecule has 2 aromatic rings. The van der Waals surface area contributed by atoms with Crippen molar-refractivity contribution < 1.29 is 4.79 Å². The molecule has 0 saturated carbocycles. The van der Waals surface area contributed by atoms with Crippen LogP contribution in [0.3, 0.4) is 0 Å². The zero-order chi connectivity index (χ0) is 19.3. The van der Waals surface area contributed by atoms with Crippen LogP contribution >= 0.6 is 23.4 Å². The predicted molar refractivity (Wildman–Crippen MR) is 112 cm³/mol. The number of amides is 1. The fourth-order valence-corrected chi connectivity index (χ4v) is 4.30. The van der Waals surface area contributed by atoms with Crippen molar-refractivity contribution in [1.29, 1.82) is 5.41 Å². The molecule has 7 heteroatoms. The Morgan fingerprint density at radius 3 is 2.74 bits per heavy atom. The van der Waals surface area contributed by atoms with Crippen molar-refractivity contribution in [3.05, 3.63) is 69.0 Å². The van der Waals surface area contributed by atoms with E-state index in [1.807, 2.05) is 57.3 Å². The number of nitrogens with one attached hydrogen (secondary N) is 1. The number of aryl methyl sites for hydroxylation is 1. The molecule has 0 unspecified atom stereocenters. The molecule has 5 nitrogen and oxygen atoms in total. The number of halogens is 1. The van der Waals surface area contributed by atoms with Gasteiger partial charge in [0.05, 0.1) is 5.57 Å². The van der Waals surface area contributed by atoms with Crippen LogP contribution < -0.4 is 0 Å². The van der Waals surface area contributed by atoms with Crippen molar-refractivity contribution in [2.45, 2.75) is 20.8 Å². The molecule has 0 aliphatic carbocycles. The van der Waals surface area contributed by atoms with Crippen LogP contribution in [0.5, 0.6) is 0 Å². The molecule has 3 heterocycles. The van der Waals surface area contributed by atoms with Gasteiger partial charge in [0.2, 0.25) is 0 Å². The highest BCUT2D eigenvalue weighted by atomic mass is 35.5. The zero-order valence-electron chi connectivity index (χ0n) is 15.1. The molecule has 1 N–H and O–H groups in total. The van der Waals surface area contributed by atoms with Gasteiger partial charge >= 0.3 is 0 Å². The number of rotatable bonds is 2. The second-order valence-corrected chi connectivity index (χ2v) is 8.11. The van der Waals surface area contributed by atoms with Gasteiger partial charge in [0, 0.05) is 33.2 Å². The summed E-state index contributed by atoms with van der Waals surface area (Å²) >= 11 is 7.54. The minimum Gasteiger partial charge on any atom is -0.318 e. The summed E-state index contributed by atoms with van der Waals surface area (Å²) in [6, 6.07) is 9.64. The van der Waals surface area contributed by atoms with E-state index >= 15 is 0 Å². The number of thioether (sulfide) groups is 1. The Bertz CT molecular complexity index is 1090. The molecular weight excluding hydrogens is 380 g/mol. The predicted octanol–water partition coefficient (Wildman–Crippen LogP) is 4.91. The first-order valence-corrected chi connectivity index (χ1v) is 9.58. The molecule has 0 bridgehead atoms. The van der Waals surface area contributed by atoms with Crippen molar-refractivity contribution in [2.24, 2.45) is 4.99 Å². The lowest BCUT2D eigenvalue weighted by Crippen LogP contribution is -2.35. The van der Waals surface area contributed by atoms with Crippen molar-refractivity contribution in [1.82, 2.24) is 9.47 Å². The number of aromatic nitrogens is 1. The Hall–Kier alpha value is -2.57. The van der Waals surface area contributed by atoms with Crippen LogP contribution in [0.25, 0.3) is 11.8 Å². The third kappa shape index (κ3) is 3.05. The number of hydrogen-bond donors (Lipinski definition) is 1. The van der Waals surface area contributed by atoms with Crippen LogP contribution in [0.15, 0.2) is 52.0 Å². The molecule has 2 aliphatic rings. The summed E-state index contributed by atoms with van der Waals surface area (Å²) in [4.78, 5) is 19.3. The first-order chi connectivity index (χ1) is 12.8. The molecule has 0 fully saturated rings.